The monoisotopic (exact) mass is 493 g/mol. The summed E-state index contributed by atoms with van der Waals surface area (Å²) in [6.45, 7) is 3.57. The average Bonchev–Trinajstić information content (AvgIpc) is 2.78. The molecule has 6 nitrogen and oxygen atoms in total. The van der Waals surface area contributed by atoms with Crippen molar-refractivity contribution in [2.24, 2.45) is 0 Å². The van der Waals surface area contributed by atoms with E-state index in [-0.39, 0.29) is 40.9 Å². The van der Waals surface area contributed by atoms with Crippen LogP contribution < -0.4 is 10.1 Å². The number of benzene rings is 1. The van der Waals surface area contributed by atoms with Crippen molar-refractivity contribution < 1.29 is 31.1 Å². The Morgan fingerprint density at radius 2 is 1.71 bits per heavy atom. The van der Waals surface area contributed by atoms with Gasteiger partial charge in [0.2, 0.25) is 0 Å². The Bertz CT molecular complexity index is 1370. The molecule has 0 aliphatic carbocycles. The van der Waals surface area contributed by atoms with Gasteiger partial charge in [0.1, 0.15) is 11.5 Å². The van der Waals surface area contributed by atoms with Crippen molar-refractivity contribution in [2.45, 2.75) is 26.2 Å². The van der Waals surface area contributed by atoms with E-state index >= 15 is 0 Å². The van der Waals surface area contributed by atoms with Crippen molar-refractivity contribution in [3.05, 3.63) is 65.6 Å². The lowest BCUT2D eigenvalue weighted by Crippen LogP contribution is -2.09. The number of aromatic nitrogens is 4. The molecule has 1 N–H and O–H groups in total. The molecule has 35 heavy (non-hydrogen) atoms. The lowest BCUT2D eigenvalue weighted by atomic mass is 10.00. The van der Waals surface area contributed by atoms with Crippen LogP contribution in [0.3, 0.4) is 0 Å². The van der Waals surface area contributed by atoms with Gasteiger partial charge in [-0.05, 0) is 55.8 Å². The molecule has 4 aromatic rings. The highest BCUT2D eigenvalue weighted by molar-refractivity contribution is 5.96. The van der Waals surface area contributed by atoms with Gasteiger partial charge < -0.3 is 10.1 Å². The first kappa shape index (κ1) is 24.2. The van der Waals surface area contributed by atoms with Crippen LogP contribution in [-0.4, -0.2) is 26.5 Å². The van der Waals surface area contributed by atoms with Crippen LogP contribution in [0.5, 0.6) is 6.01 Å². The van der Waals surface area contributed by atoms with Crippen LogP contribution in [0.15, 0.2) is 48.8 Å². The fourth-order valence-corrected chi connectivity index (χ4v) is 3.50. The number of ether oxygens (including phenoxy) is 1. The van der Waals surface area contributed by atoms with Gasteiger partial charge in [-0.3, -0.25) is 4.98 Å². The van der Waals surface area contributed by atoms with Gasteiger partial charge in [0.25, 0.3) is 0 Å². The van der Waals surface area contributed by atoms with Crippen LogP contribution in [0.25, 0.3) is 22.2 Å². The molecule has 0 aliphatic heterocycles. The van der Waals surface area contributed by atoms with E-state index in [4.69, 9.17) is 4.74 Å². The minimum Gasteiger partial charge on any atom is -0.464 e. The van der Waals surface area contributed by atoms with E-state index < -0.39 is 23.6 Å². The number of nitrogens with zero attached hydrogens (tertiary/aromatic N) is 4. The van der Waals surface area contributed by atoms with Gasteiger partial charge in [-0.25, -0.2) is 4.98 Å². The lowest BCUT2D eigenvalue weighted by molar-refractivity contribution is -0.141. The maximum absolute atomic E-state index is 13.5. The molecule has 0 unspecified atom stereocenters. The minimum atomic E-state index is -4.61. The van der Waals surface area contributed by atoms with E-state index in [0.717, 1.165) is 18.3 Å². The van der Waals surface area contributed by atoms with Crippen LogP contribution in [0.4, 0.5) is 37.8 Å². The third-order valence-electron chi connectivity index (χ3n) is 4.95. The summed E-state index contributed by atoms with van der Waals surface area (Å²) in [5.41, 5.74) is -1.03. The number of hydrogen-bond donors (Lipinski definition) is 1. The molecule has 3 aromatic heterocycles. The van der Waals surface area contributed by atoms with Gasteiger partial charge in [-0.2, -0.15) is 36.3 Å². The fraction of sp³-hybridized carbons (Fsp3) is 0.217. The molecule has 0 bridgehead atoms. The molecule has 0 amide bonds. The van der Waals surface area contributed by atoms with Gasteiger partial charge in [-0.15, -0.1) is 0 Å². The fourth-order valence-electron chi connectivity index (χ4n) is 3.50. The number of nitrogens with one attached hydrogen (secondary N) is 1. The van der Waals surface area contributed by atoms with Crippen molar-refractivity contribution >= 4 is 22.4 Å². The Hall–Kier alpha value is -3.96. The molecular weight excluding hydrogens is 476 g/mol. The first-order valence-electron chi connectivity index (χ1n) is 10.3. The van der Waals surface area contributed by atoms with Gasteiger partial charge in [0.15, 0.2) is 0 Å². The summed E-state index contributed by atoms with van der Waals surface area (Å²) in [7, 11) is 0. The van der Waals surface area contributed by atoms with Gasteiger partial charge in [-0.1, -0.05) is 0 Å². The zero-order valence-electron chi connectivity index (χ0n) is 18.3. The van der Waals surface area contributed by atoms with Crippen LogP contribution in [0.1, 0.15) is 23.7 Å². The molecule has 4 rings (SSSR count). The number of anilines is 2. The van der Waals surface area contributed by atoms with Gasteiger partial charge in [0, 0.05) is 17.1 Å². The first-order valence-corrected chi connectivity index (χ1v) is 10.3. The summed E-state index contributed by atoms with van der Waals surface area (Å²) in [5, 5.41) is 3.35. The van der Waals surface area contributed by atoms with E-state index in [9.17, 15) is 26.3 Å². The zero-order chi connectivity index (χ0) is 25.4. The molecule has 0 spiro atoms. The SMILES string of the molecule is CCOc1nc(Nc2ccc(C(F)(F)F)nc2)c2c(C)cc(-c3ncccc3C(F)(F)F)cc2n1. The number of pyridine rings is 2. The van der Waals surface area contributed by atoms with E-state index in [1.165, 1.54) is 30.5 Å². The topological polar surface area (TPSA) is 72.8 Å². The first-order chi connectivity index (χ1) is 16.5. The summed E-state index contributed by atoms with van der Waals surface area (Å²) in [5.74, 6) is 0.195. The largest absolute Gasteiger partial charge is 0.464 e. The second-order valence-corrected chi connectivity index (χ2v) is 7.43. The van der Waals surface area contributed by atoms with E-state index in [0.29, 0.717) is 10.9 Å². The highest BCUT2D eigenvalue weighted by Crippen LogP contribution is 2.38. The predicted octanol–water partition coefficient (Wildman–Crippen LogP) is 6.58. The molecule has 3 heterocycles. The summed E-state index contributed by atoms with van der Waals surface area (Å²) in [6, 6.07) is 7.04. The van der Waals surface area contributed by atoms with E-state index in [2.05, 4.69) is 25.3 Å². The van der Waals surface area contributed by atoms with Crippen LogP contribution in [-0.2, 0) is 12.4 Å². The minimum absolute atomic E-state index is 0.0593. The number of rotatable bonds is 5. The second-order valence-electron chi connectivity index (χ2n) is 7.43. The summed E-state index contributed by atoms with van der Waals surface area (Å²) >= 11 is 0. The van der Waals surface area contributed by atoms with Crippen molar-refractivity contribution in [3.8, 4) is 17.3 Å². The average molecular weight is 493 g/mol. The van der Waals surface area contributed by atoms with Crippen molar-refractivity contribution in [1.29, 1.82) is 0 Å². The number of hydrogen-bond acceptors (Lipinski definition) is 6. The van der Waals surface area contributed by atoms with Gasteiger partial charge in [0.05, 0.1) is 35.3 Å². The smallest absolute Gasteiger partial charge is 0.433 e. The molecule has 1 aromatic carbocycles. The Morgan fingerprint density at radius 3 is 2.34 bits per heavy atom. The number of halogens is 6. The maximum Gasteiger partial charge on any atom is 0.433 e. The molecule has 182 valence electrons. The molecule has 0 atom stereocenters. The Labute approximate surface area is 195 Å². The molecule has 0 saturated heterocycles. The molecule has 0 radical (unpaired) electrons. The van der Waals surface area contributed by atoms with Crippen molar-refractivity contribution in [2.75, 3.05) is 11.9 Å². The standard InChI is InChI=1S/C23H17F6N5O/c1-3-35-21-33-16-10-13(19-15(22(24,25)26)5-4-8-30-19)9-12(2)18(16)20(34-21)32-14-6-7-17(31-11-14)23(27,28)29/h4-11H,3H2,1-2H3,(H,32,33,34). The Morgan fingerprint density at radius 1 is 0.943 bits per heavy atom. The zero-order valence-corrected chi connectivity index (χ0v) is 18.3. The van der Waals surface area contributed by atoms with Gasteiger partial charge >= 0.3 is 18.4 Å². The van der Waals surface area contributed by atoms with Crippen LogP contribution >= 0.6 is 0 Å². The molecule has 0 saturated carbocycles. The molecule has 0 aliphatic rings. The lowest BCUT2D eigenvalue weighted by Gasteiger charge is -2.16. The predicted molar refractivity (Wildman–Crippen MR) is 116 cm³/mol. The highest BCUT2D eigenvalue weighted by Gasteiger charge is 2.34. The molecule has 0 fully saturated rings. The maximum atomic E-state index is 13.5. The van der Waals surface area contributed by atoms with E-state index in [1.54, 1.807) is 13.8 Å². The number of alkyl halides is 6. The molecular formula is C23H17F6N5O. The second kappa shape index (κ2) is 9.01. The highest BCUT2D eigenvalue weighted by atomic mass is 19.4. The molecule has 12 heteroatoms. The van der Waals surface area contributed by atoms with E-state index in [1.807, 2.05) is 0 Å². The Balaban J connectivity index is 1.84. The number of aryl methyl sites for hydroxylation is 1. The Kier molecular flexibility index (Phi) is 6.22. The third kappa shape index (κ3) is 5.10. The van der Waals surface area contributed by atoms with Crippen LogP contribution in [0, 0.1) is 6.92 Å². The van der Waals surface area contributed by atoms with Crippen LogP contribution in [0.2, 0.25) is 0 Å². The summed E-state index contributed by atoms with van der Waals surface area (Å²) in [6.07, 6.45) is -6.93. The third-order valence-corrected chi connectivity index (χ3v) is 4.95. The summed E-state index contributed by atoms with van der Waals surface area (Å²) < 4.78 is 84.5. The quantitative estimate of drug-likeness (QED) is 0.317. The number of fused-ring (bicyclic) bond motifs is 1. The van der Waals surface area contributed by atoms with Crippen molar-refractivity contribution in [1.82, 2.24) is 19.9 Å². The normalized spacial score (nSPS) is 12.1. The summed E-state index contributed by atoms with van der Waals surface area (Å²) in [4.78, 5) is 15.9. The van der Waals surface area contributed by atoms with Crippen molar-refractivity contribution in [3.63, 3.8) is 0 Å².